The van der Waals surface area contributed by atoms with Crippen LogP contribution in [0.25, 0.3) is 0 Å². The minimum absolute atomic E-state index is 0.0237. The van der Waals surface area contributed by atoms with Crippen LogP contribution in [0.1, 0.15) is 26.2 Å². The second kappa shape index (κ2) is 7.73. The molecule has 18 heavy (non-hydrogen) atoms. The van der Waals surface area contributed by atoms with Crippen molar-refractivity contribution in [2.45, 2.75) is 32.4 Å². The Balaban J connectivity index is 3.62. The summed E-state index contributed by atoms with van der Waals surface area (Å²) in [6, 6.07) is 0. The van der Waals surface area contributed by atoms with Gasteiger partial charge in [-0.1, -0.05) is 6.92 Å². The van der Waals surface area contributed by atoms with Gasteiger partial charge in [-0.3, -0.25) is 4.79 Å². The summed E-state index contributed by atoms with van der Waals surface area (Å²) >= 11 is 0. The van der Waals surface area contributed by atoms with E-state index in [9.17, 15) is 26.4 Å². The Bertz CT molecular complexity index is 349. The fourth-order valence-electron chi connectivity index (χ4n) is 1.13. The summed E-state index contributed by atoms with van der Waals surface area (Å²) in [4.78, 5) is 11.2. The molecule has 0 rings (SSSR count). The quantitative estimate of drug-likeness (QED) is 0.607. The van der Waals surface area contributed by atoms with Gasteiger partial charge in [0.05, 0.1) is 12.4 Å². The van der Waals surface area contributed by atoms with E-state index in [0.717, 1.165) is 0 Å². The molecule has 0 spiro atoms. The van der Waals surface area contributed by atoms with Crippen molar-refractivity contribution in [1.82, 2.24) is 0 Å². The van der Waals surface area contributed by atoms with Gasteiger partial charge in [0.25, 0.3) is 0 Å². The summed E-state index contributed by atoms with van der Waals surface area (Å²) in [5.74, 6) is -0.336. The molecule has 0 fully saturated rings. The zero-order chi connectivity index (χ0) is 14.2. The van der Waals surface area contributed by atoms with Gasteiger partial charge in [0, 0.05) is 18.6 Å². The second-order valence-electron chi connectivity index (χ2n) is 3.80. The number of alkyl halides is 3. The summed E-state index contributed by atoms with van der Waals surface area (Å²) in [5.41, 5.74) is 0. The van der Waals surface area contributed by atoms with E-state index in [0.29, 0.717) is 0 Å². The number of carbonyl (C=O) groups is 1. The van der Waals surface area contributed by atoms with Crippen LogP contribution in [-0.4, -0.2) is 45.1 Å². The van der Waals surface area contributed by atoms with Gasteiger partial charge in [-0.15, -0.1) is 0 Å². The lowest BCUT2D eigenvalue weighted by molar-refractivity contribution is -0.174. The molecule has 0 unspecified atom stereocenters. The van der Waals surface area contributed by atoms with Crippen molar-refractivity contribution in [1.29, 1.82) is 0 Å². The van der Waals surface area contributed by atoms with Crippen molar-refractivity contribution in [3.63, 3.8) is 0 Å². The topological polar surface area (TPSA) is 60.4 Å². The molecule has 0 N–H and O–H groups in total. The number of ketones is 1. The summed E-state index contributed by atoms with van der Waals surface area (Å²) in [6.45, 7) is -0.147. The summed E-state index contributed by atoms with van der Waals surface area (Å²) in [5, 5.41) is 0. The number of carbonyl (C=O) groups excluding carboxylic acids is 1. The van der Waals surface area contributed by atoms with Crippen molar-refractivity contribution in [3.8, 4) is 0 Å². The standard InChI is InChI=1S/C10H17F3O4S/c1-2-18(15,16)7-3-4-9(14)5-6-17-8-10(11,12)13/h2-8H2,1H3. The van der Waals surface area contributed by atoms with E-state index >= 15 is 0 Å². The molecule has 0 saturated heterocycles. The van der Waals surface area contributed by atoms with Crippen LogP contribution in [0.2, 0.25) is 0 Å². The predicted octanol–water partition coefficient (Wildman–Crippen LogP) is 1.74. The number of halogens is 3. The molecule has 4 nitrogen and oxygen atoms in total. The van der Waals surface area contributed by atoms with Crippen LogP contribution in [0, 0.1) is 0 Å². The van der Waals surface area contributed by atoms with Crippen LogP contribution >= 0.6 is 0 Å². The van der Waals surface area contributed by atoms with Gasteiger partial charge in [-0.25, -0.2) is 8.42 Å². The van der Waals surface area contributed by atoms with Gasteiger partial charge in [-0.05, 0) is 6.42 Å². The number of rotatable bonds is 9. The third-order valence-corrected chi connectivity index (χ3v) is 3.93. The van der Waals surface area contributed by atoms with E-state index in [1.807, 2.05) is 0 Å². The molecule has 0 amide bonds. The number of hydrogen-bond donors (Lipinski definition) is 0. The highest BCUT2D eigenvalue weighted by atomic mass is 32.2. The maximum atomic E-state index is 11.7. The first-order valence-electron chi connectivity index (χ1n) is 5.53. The number of sulfone groups is 1. The van der Waals surface area contributed by atoms with Crippen molar-refractivity contribution in [2.24, 2.45) is 0 Å². The van der Waals surface area contributed by atoms with Crippen LogP contribution in [0.4, 0.5) is 13.2 Å². The third-order valence-electron chi connectivity index (χ3n) is 2.14. The van der Waals surface area contributed by atoms with Crippen LogP contribution in [0.5, 0.6) is 0 Å². The van der Waals surface area contributed by atoms with Gasteiger partial charge >= 0.3 is 6.18 Å². The van der Waals surface area contributed by atoms with Crippen molar-refractivity contribution < 1.29 is 31.1 Å². The van der Waals surface area contributed by atoms with Crippen LogP contribution in [0.15, 0.2) is 0 Å². The lowest BCUT2D eigenvalue weighted by Crippen LogP contribution is -2.18. The molecule has 0 aliphatic heterocycles. The molecule has 0 saturated carbocycles. The maximum absolute atomic E-state index is 11.7. The van der Waals surface area contributed by atoms with E-state index in [-0.39, 0.29) is 43.2 Å². The lowest BCUT2D eigenvalue weighted by Gasteiger charge is -2.07. The molecule has 0 heterocycles. The summed E-state index contributed by atoms with van der Waals surface area (Å²) in [7, 11) is -3.09. The Hall–Kier alpha value is -0.630. The molecule has 0 aromatic heterocycles. The predicted molar refractivity (Wildman–Crippen MR) is 60.1 cm³/mol. The maximum Gasteiger partial charge on any atom is 0.411 e. The van der Waals surface area contributed by atoms with E-state index in [1.54, 1.807) is 0 Å². The molecule has 0 atom stereocenters. The number of Topliss-reactive ketones (excluding diaryl/α,β-unsaturated/α-hetero) is 1. The Morgan fingerprint density at radius 1 is 1.22 bits per heavy atom. The smallest absolute Gasteiger partial charge is 0.372 e. The van der Waals surface area contributed by atoms with Gasteiger partial charge in [0.1, 0.15) is 22.2 Å². The average molecular weight is 290 g/mol. The third kappa shape index (κ3) is 10.5. The SMILES string of the molecule is CCS(=O)(=O)CCCC(=O)CCOCC(F)(F)F. The van der Waals surface area contributed by atoms with Gasteiger partial charge in [-0.2, -0.15) is 13.2 Å². The molecule has 108 valence electrons. The van der Waals surface area contributed by atoms with Gasteiger partial charge in [0.15, 0.2) is 0 Å². The highest BCUT2D eigenvalue weighted by molar-refractivity contribution is 7.91. The van der Waals surface area contributed by atoms with Crippen molar-refractivity contribution in [2.75, 3.05) is 24.7 Å². The normalized spacial score (nSPS) is 12.7. The summed E-state index contributed by atoms with van der Waals surface area (Å²) in [6.07, 6.45) is -4.26. The molecule has 0 aliphatic rings. The lowest BCUT2D eigenvalue weighted by atomic mass is 10.2. The summed E-state index contributed by atoms with van der Waals surface area (Å²) < 4.78 is 61.5. The molecular weight excluding hydrogens is 273 g/mol. The highest BCUT2D eigenvalue weighted by Crippen LogP contribution is 2.14. The second-order valence-corrected chi connectivity index (χ2v) is 6.27. The average Bonchev–Trinajstić information content (AvgIpc) is 2.23. The minimum Gasteiger partial charge on any atom is -0.372 e. The van der Waals surface area contributed by atoms with E-state index in [4.69, 9.17) is 0 Å². The van der Waals surface area contributed by atoms with Crippen LogP contribution in [0.3, 0.4) is 0 Å². The van der Waals surface area contributed by atoms with E-state index in [1.165, 1.54) is 6.92 Å². The molecule has 0 radical (unpaired) electrons. The molecular formula is C10H17F3O4S. The molecule has 0 bridgehead atoms. The first-order chi connectivity index (χ1) is 8.16. The van der Waals surface area contributed by atoms with Crippen molar-refractivity contribution >= 4 is 15.6 Å². The van der Waals surface area contributed by atoms with Crippen LogP contribution < -0.4 is 0 Å². The highest BCUT2D eigenvalue weighted by Gasteiger charge is 2.27. The van der Waals surface area contributed by atoms with Crippen LogP contribution in [-0.2, 0) is 19.4 Å². The first kappa shape index (κ1) is 17.4. The molecule has 8 heteroatoms. The molecule has 0 aromatic carbocycles. The minimum atomic E-state index is -4.39. The zero-order valence-corrected chi connectivity index (χ0v) is 10.9. The zero-order valence-electron chi connectivity index (χ0n) is 10.1. The van der Waals surface area contributed by atoms with E-state index < -0.39 is 22.6 Å². The molecule has 0 aromatic rings. The first-order valence-corrected chi connectivity index (χ1v) is 7.35. The largest absolute Gasteiger partial charge is 0.411 e. The Labute approximate surface area is 104 Å². The Kier molecular flexibility index (Phi) is 7.46. The van der Waals surface area contributed by atoms with Gasteiger partial charge in [0.2, 0.25) is 0 Å². The monoisotopic (exact) mass is 290 g/mol. The number of ether oxygens (including phenoxy) is 1. The Morgan fingerprint density at radius 3 is 2.33 bits per heavy atom. The van der Waals surface area contributed by atoms with Crippen molar-refractivity contribution in [3.05, 3.63) is 0 Å². The van der Waals surface area contributed by atoms with Gasteiger partial charge < -0.3 is 4.74 Å². The van der Waals surface area contributed by atoms with E-state index in [2.05, 4.69) is 4.74 Å². The fourth-order valence-corrected chi connectivity index (χ4v) is 2.01. The molecule has 0 aliphatic carbocycles. The number of hydrogen-bond acceptors (Lipinski definition) is 4. The Morgan fingerprint density at radius 2 is 1.83 bits per heavy atom. The fraction of sp³-hybridized carbons (Fsp3) is 0.900.